The molecule has 28 heavy (non-hydrogen) atoms. The highest BCUT2D eigenvalue weighted by molar-refractivity contribution is 6.30. The summed E-state index contributed by atoms with van der Waals surface area (Å²) in [6.45, 7) is 2.00. The molecular weight excluding hydrogens is 399 g/mol. The molecule has 1 aromatic carbocycles. The molecule has 0 aliphatic heterocycles. The number of pyridine rings is 1. The first kappa shape index (κ1) is 19.8. The Morgan fingerprint density at radius 3 is 2.82 bits per heavy atom. The van der Waals surface area contributed by atoms with Crippen LogP contribution >= 0.6 is 11.6 Å². The van der Waals surface area contributed by atoms with Gasteiger partial charge in [0.15, 0.2) is 10.9 Å². The molecule has 3 rings (SSSR count). The Labute approximate surface area is 162 Å². The number of H-pyrrole nitrogens is 1. The quantitative estimate of drug-likeness (QED) is 0.591. The average Bonchev–Trinajstić information content (AvgIpc) is 2.91. The van der Waals surface area contributed by atoms with Gasteiger partial charge in [0.2, 0.25) is 0 Å². The van der Waals surface area contributed by atoms with Crippen LogP contribution in [0.3, 0.4) is 0 Å². The fraction of sp³-hybridized carbons (Fsp3) is 0.222. The topological polar surface area (TPSA) is 76.2 Å². The van der Waals surface area contributed by atoms with E-state index in [4.69, 9.17) is 16.3 Å². The van der Waals surface area contributed by atoms with Crippen LogP contribution in [-0.4, -0.2) is 29.0 Å². The number of halogens is 4. The maximum Gasteiger partial charge on any atom is 0.573 e. The largest absolute Gasteiger partial charge is 0.573 e. The number of benzene rings is 1. The fourth-order valence-electron chi connectivity index (χ4n) is 2.75. The average molecular weight is 414 g/mol. The molecule has 0 fully saturated rings. The van der Waals surface area contributed by atoms with Crippen LogP contribution < -0.4 is 14.8 Å². The van der Waals surface area contributed by atoms with Gasteiger partial charge in [-0.25, -0.2) is 9.78 Å². The van der Waals surface area contributed by atoms with Gasteiger partial charge in [-0.1, -0.05) is 11.6 Å². The number of hydrogen-bond donors (Lipinski definition) is 2. The third-order valence-electron chi connectivity index (χ3n) is 3.90. The molecule has 0 saturated carbocycles. The summed E-state index contributed by atoms with van der Waals surface area (Å²) in [6, 6.07) is 7.14. The summed E-state index contributed by atoms with van der Waals surface area (Å²) in [5.74, 6) is -0.183. The van der Waals surface area contributed by atoms with E-state index >= 15 is 0 Å². The molecule has 0 saturated heterocycles. The highest BCUT2D eigenvalue weighted by Gasteiger charge is 2.31. The van der Waals surface area contributed by atoms with Gasteiger partial charge in [0.25, 0.3) is 0 Å². The van der Waals surface area contributed by atoms with E-state index in [0.717, 1.165) is 11.3 Å². The second-order valence-electron chi connectivity index (χ2n) is 5.84. The molecule has 2 N–H and O–H groups in total. The van der Waals surface area contributed by atoms with E-state index in [9.17, 15) is 18.0 Å². The molecule has 2 aromatic heterocycles. The van der Waals surface area contributed by atoms with Crippen molar-refractivity contribution in [3.63, 3.8) is 0 Å². The minimum Gasteiger partial charge on any atom is -0.407 e. The summed E-state index contributed by atoms with van der Waals surface area (Å²) >= 11 is 5.82. The summed E-state index contributed by atoms with van der Waals surface area (Å²) in [5.41, 5.74) is 2.22. The molecule has 6 nitrogen and oxygen atoms in total. The van der Waals surface area contributed by atoms with Crippen LogP contribution in [0.15, 0.2) is 36.5 Å². The van der Waals surface area contributed by atoms with Gasteiger partial charge < -0.3 is 19.8 Å². The number of aromatic amines is 1. The van der Waals surface area contributed by atoms with Gasteiger partial charge >= 0.3 is 12.5 Å². The van der Waals surface area contributed by atoms with Gasteiger partial charge in [0.05, 0.1) is 0 Å². The molecule has 0 aliphatic rings. The molecule has 0 unspecified atom stereocenters. The highest BCUT2D eigenvalue weighted by atomic mass is 35.5. The van der Waals surface area contributed by atoms with Gasteiger partial charge in [-0.3, -0.25) is 0 Å². The zero-order valence-electron chi connectivity index (χ0n) is 14.6. The van der Waals surface area contributed by atoms with E-state index < -0.39 is 12.5 Å². The zero-order chi connectivity index (χ0) is 20.3. The first-order valence-electron chi connectivity index (χ1n) is 8.16. The van der Waals surface area contributed by atoms with Crippen LogP contribution in [0.5, 0.6) is 11.5 Å². The lowest BCUT2D eigenvalue weighted by Gasteiger charge is -2.09. The number of aryl methyl sites for hydroxylation is 1. The molecular formula is C18H15ClF3N3O3. The normalized spacial score (nSPS) is 11.5. The van der Waals surface area contributed by atoms with Gasteiger partial charge in [0, 0.05) is 29.3 Å². The minimum absolute atomic E-state index is 0.0577. The van der Waals surface area contributed by atoms with Crippen molar-refractivity contribution in [3.8, 4) is 11.5 Å². The third kappa shape index (κ3) is 4.86. The standard InChI is InChI=1S/C18H15ClF3N3O3/c1-10-12(6-8-24-17(26)27-15-3-2-7-23-16(15)19)13-9-11(28-18(20,21)22)4-5-14(13)25-10/h2-5,7,9,25H,6,8H2,1H3,(H,24,26). The number of nitrogens with zero attached hydrogens (tertiary/aromatic N) is 1. The molecule has 148 valence electrons. The molecule has 0 bridgehead atoms. The van der Waals surface area contributed by atoms with E-state index in [0.29, 0.717) is 17.3 Å². The van der Waals surface area contributed by atoms with Crippen LogP contribution in [0.2, 0.25) is 5.15 Å². The third-order valence-corrected chi connectivity index (χ3v) is 4.18. The second-order valence-corrected chi connectivity index (χ2v) is 6.20. The van der Waals surface area contributed by atoms with E-state index in [1.165, 1.54) is 30.5 Å². The number of amides is 1. The predicted octanol–water partition coefficient (Wildman–Crippen LogP) is 4.75. The first-order valence-corrected chi connectivity index (χ1v) is 8.54. The van der Waals surface area contributed by atoms with Crippen LogP contribution in [0.25, 0.3) is 10.9 Å². The van der Waals surface area contributed by atoms with E-state index in [1.807, 2.05) is 0 Å². The van der Waals surface area contributed by atoms with Crippen molar-refractivity contribution in [3.05, 3.63) is 52.9 Å². The van der Waals surface area contributed by atoms with Crippen LogP contribution in [0.4, 0.5) is 18.0 Å². The molecule has 2 heterocycles. The van der Waals surface area contributed by atoms with Crippen molar-refractivity contribution in [2.24, 2.45) is 0 Å². The Kier molecular flexibility index (Phi) is 5.64. The number of hydrogen-bond acceptors (Lipinski definition) is 4. The first-order chi connectivity index (χ1) is 13.2. The lowest BCUT2D eigenvalue weighted by atomic mass is 10.1. The Morgan fingerprint density at radius 1 is 1.32 bits per heavy atom. The SMILES string of the molecule is Cc1[nH]c2ccc(OC(F)(F)F)cc2c1CCNC(=O)Oc1cccnc1Cl. The Bertz CT molecular complexity index is 1000. The fourth-order valence-corrected chi connectivity index (χ4v) is 2.91. The second kappa shape index (κ2) is 7.97. The van der Waals surface area contributed by atoms with Crippen molar-refractivity contribution in [2.75, 3.05) is 6.54 Å². The maximum absolute atomic E-state index is 12.4. The molecule has 3 aromatic rings. The number of alkyl halides is 3. The van der Waals surface area contributed by atoms with Crippen molar-refractivity contribution >= 4 is 28.6 Å². The van der Waals surface area contributed by atoms with Gasteiger partial charge in [-0.2, -0.15) is 0 Å². The molecule has 0 atom stereocenters. The zero-order valence-corrected chi connectivity index (χ0v) is 15.3. The van der Waals surface area contributed by atoms with Crippen molar-refractivity contribution in [1.82, 2.24) is 15.3 Å². The number of fused-ring (bicyclic) bond motifs is 1. The van der Waals surface area contributed by atoms with Gasteiger partial charge in [-0.05, 0) is 49.2 Å². The number of carbonyl (C=O) groups is 1. The summed E-state index contributed by atoms with van der Waals surface area (Å²) in [6.07, 6.45) is -3.65. The minimum atomic E-state index is -4.77. The molecule has 10 heteroatoms. The van der Waals surface area contributed by atoms with Crippen LogP contribution in [0.1, 0.15) is 11.3 Å². The van der Waals surface area contributed by atoms with Crippen molar-refractivity contribution in [1.29, 1.82) is 0 Å². The lowest BCUT2D eigenvalue weighted by molar-refractivity contribution is -0.274. The van der Waals surface area contributed by atoms with Gasteiger partial charge in [0.1, 0.15) is 5.75 Å². The lowest BCUT2D eigenvalue weighted by Crippen LogP contribution is -2.29. The van der Waals surface area contributed by atoms with Crippen molar-refractivity contribution in [2.45, 2.75) is 19.7 Å². The van der Waals surface area contributed by atoms with Crippen LogP contribution in [0, 0.1) is 6.92 Å². The van der Waals surface area contributed by atoms with Crippen LogP contribution in [-0.2, 0) is 6.42 Å². The Hall–Kier alpha value is -2.94. The maximum atomic E-state index is 12.4. The smallest absolute Gasteiger partial charge is 0.407 e. The van der Waals surface area contributed by atoms with E-state index in [1.54, 1.807) is 13.0 Å². The monoisotopic (exact) mass is 413 g/mol. The Morgan fingerprint density at radius 2 is 2.11 bits per heavy atom. The summed E-state index contributed by atoms with van der Waals surface area (Å²) in [4.78, 5) is 18.8. The number of carbonyl (C=O) groups excluding carboxylic acids is 1. The number of ether oxygens (including phenoxy) is 2. The van der Waals surface area contributed by atoms with Gasteiger partial charge in [-0.15, -0.1) is 13.2 Å². The number of aromatic nitrogens is 2. The van der Waals surface area contributed by atoms with E-state index in [2.05, 4.69) is 20.0 Å². The highest BCUT2D eigenvalue weighted by Crippen LogP contribution is 2.30. The molecule has 1 amide bonds. The Balaban J connectivity index is 1.66. The molecule has 0 radical (unpaired) electrons. The predicted molar refractivity (Wildman–Crippen MR) is 96.7 cm³/mol. The molecule has 0 spiro atoms. The van der Waals surface area contributed by atoms with Crippen molar-refractivity contribution < 1.29 is 27.4 Å². The summed E-state index contributed by atoms with van der Waals surface area (Å²) < 4.78 is 46.4. The summed E-state index contributed by atoms with van der Waals surface area (Å²) in [5, 5.41) is 3.21. The number of rotatable bonds is 5. The molecule has 0 aliphatic carbocycles. The summed E-state index contributed by atoms with van der Waals surface area (Å²) in [7, 11) is 0. The van der Waals surface area contributed by atoms with E-state index in [-0.39, 0.29) is 23.2 Å². The number of nitrogens with one attached hydrogen (secondary N) is 2.